The van der Waals surface area contributed by atoms with Gasteiger partial charge in [0.05, 0.1) is 28.3 Å². The van der Waals surface area contributed by atoms with Crippen molar-refractivity contribution in [2.45, 2.75) is 58.2 Å². The minimum Gasteiger partial charge on any atom is -0.478 e. The number of rotatable bonds is 5. The summed E-state index contributed by atoms with van der Waals surface area (Å²) in [5, 5.41) is 22.5. The monoisotopic (exact) mass is 545 g/mol. The van der Waals surface area contributed by atoms with E-state index in [1.54, 1.807) is 18.3 Å². The van der Waals surface area contributed by atoms with E-state index in [1.807, 2.05) is 19.1 Å². The van der Waals surface area contributed by atoms with Crippen molar-refractivity contribution in [1.29, 1.82) is 0 Å². The van der Waals surface area contributed by atoms with E-state index in [9.17, 15) is 15.0 Å². The molecule has 3 fully saturated rings. The van der Waals surface area contributed by atoms with E-state index in [-0.39, 0.29) is 30.5 Å². The van der Waals surface area contributed by atoms with Gasteiger partial charge in [-0.15, -0.1) is 0 Å². The maximum atomic E-state index is 12.8. The average Bonchev–Trinajstić information content (AvgIpc) is 3.22. The number of fused-ring (bicyclic) bond motifs is 2. The fourth-order valence-corrected chi connectivity index (χ4v) is 7.61. The summed E-state index contributed by atoms with van der Waals surface area (Å²) in [5.74, 6) is 0.211. The molecule has 198 valence electrons. The van der Waals surface area contributed by atoms with Crippen molar-refractivity contribution in [2.75, 3.05) is 13.2 Å². The number of hydrogen-bond acceptors (Lipinski definition) is 6. The molecule has 6 nitrogen and oxygen atoms in total. The van der Waals surface area contributed by atoms with Crippen molar-refractivity contribution >= 4 is 40.1 Å². The first kappa shape index (κ1) is 26.5. The number of ether oxygens (including phenoxy) is 2. The van der Waals surface area contributed by atoms with E-state index >= 15 is 0 Å². The number of benzene rings is 1. The summed E-state index contributed by atoms with van der Waals surface area (Å²) in [7, 11) is 0. The number of esters is 1. The third-order valence-corrected chi connectivity index (χ3v) is 9.82. The first-order valence-electron chi connectivity index (χ1n) is 12.8. The standard InChI is InChI=1S/C29H33Cl2NO5/c1-16-6-9-23-28(2,11-10-24(34)29(23,3)15-33)19(16)8-7-18-22(14-36-27(18)35)37-26-21(31)13-20(30)17-5-4-12-32-25(17)26/h4-5,7,12-13,19,22-24,33-34H,1,6,8-11,14-15H2,2-3H3/b18-7+/t19-,22-,23+,24-,28+,29+/m1/s1. The molecule has 2 aromatic rings. The van der Waals surface area contributed by atoms with Gasteiger partial charge in [-0.2, -0.15) is 0 Å². The number of aromatic nitrogens is 1. The molecule has 2 heterocycles. The topological polar surface area (TPSA) is 88.9 Å². The summed E-state index contributed by atoms with van der Waals surface area (Å²) < 4.78 is 11.6. The summed E-state index contributed by atoms with van der Waals surface area (Å²) in [6, 6.07) is 5.25. The Bertz CT molecular complexity index is 1280. The molecule has 6 atom stereocenters. The van der Waals surface area contributed by atoms with Crippen LogP contribution in [0.15, 0.2) is 48.2 Å². The maximum Gasteiger partial charge on any atom is 0.337 e. The first-order valence-corrected chi connectivity index (χ1v) is 13.6. The number of pyridine rings is 1. The zero-order valence-corrected chi connectivity index (χ0v) is 22.7. The van der Waals surface area contributed by atoms with Crippen molar-refractivity contribution in [3.8, 4) is 5.75 Å². The predicted molar refractivity (Wildman–Crippen MR) is 144 cm³/mol. The maximum absolute atomic E-state index is 12.8. The molecular formula is C29H33Cl2NO5. The molecule has 0 radical (unpaired) electrons. The molecule has 1 aromatic heterocycles. The van der Waals surface area contributed by atoms with Gasteiger partial charge in [0.25, 0.3) is 0 Å². The number of nitrogens with zero attached hydrogens (tertiary/aromatic N) is 1. The Hall–Kier alpha value is -2.12. The number of aliphatic hydroxyl groups excluding tert-OH is 2. The van der Waals surface area contributed by atoms with Gasteiger partial charge in [0, 0.05) is 17.0 Å². The molecule has 2 saturated carbocycles. The minimum atomic E-state index is -0.632. The van der Waals surface area contributed by atoms with Gasteiger partial charge in [-0.05, 0) is 67.6 Å². The number of allylic oxidation sites excluding steroid dienone is 2. The van der Waals surface area contributed by atoms with Crippen LogP contribution in [0, 0.1) is 22.7 Å². The highest BCUT2D eigenvalue weighted by Gasteiger charge is 2.57. The van der Waals surface area contributed by atoms with Crippen LogP contribution in [0.5, 0.6) is 5.75 Å². The van der Waals surface area contributed by atoms with E-state index in [0.29, 0.717) is 45.1 Å². The lowest BCUT2D eigenvalue weighted by atomic mass is 9.46. The smallest absolute Gasteiger partial charge is 0.337 e. The molecule has 1 aliphatic heterocycles. The van der Waals surface area contributed by atoms with Gasteiger partial charge in [-0.25, -0.2) is 4.79 Å². The Balaban J connectivity index is 1.44. The molecule has 37 heavy (non-hydrogen) atoms. The van der Waals surface area contributed by atoms with Gasteiger partial charge in [0.15, 0.2) is 11.9 Å². The van der Waals surface area contributed by atoms with Crippen LogP contribution in [0.1, 0.15) is 46.0 Å². The van der Waals surface area contributed by atoms with Crippen LogP contribution in [0.4, 0.5) is 0 Å². The van der Waals surface area contributed by atoms with Gasteiger partial charge in [0.1, 0.15) is 12.1 Å². The van der Waals surface area contributed by atoms with Crippen LogP contribution in [0.25, 0.3) is 10.9 Å². The van der Waals surface area contributed by atoms with Gasteiger partial charge in [-0.3, -0.25) is 4.98 Å². The lowest BCUT2D eigenvalue weighted by molar-refractivity contribution is -0.151. The fourth-order valence-electron chi connectivity index (χ4n) is 7.05. The lowest BCUT2D eigenvalue weighted by Crippen LogP contribution is -2.57. The molecule has 2 N–H and O–H groups in total. The molecule has 0 unspecified atom stereocenters. The molecule has 0 amide bonds. The van der Waals surface area contributed by atoms with Gasteiger partial charge in [-0.1, -0.05) is 55.3 Å². The second-order valence-corrected chi connectivity index (χ2v) is 12.0. The Morgan fingerprint density at radius 1 is 1.30 bits per heavy atom. The fraction of sp³-hybridized carbons (Fsp3) is 0.517. The number of carbonyl (C=O) groups excluding carboxylic acids is 1. The number of aliphatic hydroxyl groups is 2. The van der Waals surface area contributed by atoms with Crippen LogP contribution in [0.2, 0.25) is 10.0 Å². The zero-order chi connectivity index (χ0) is 26.5. The summed E-state index contributed by atoms with van der Waals surface area (Å²) in [4.78, 5) is 17.2. The molecule has 8 heteroatoms. The summed E-state index contributed by atoms with van der Waals surface area (Å²) in [6.07, 6.45) is 6.19. The lowest BCUT2D eigenvalue weighted by Gasteiger charge is -2.59. The molecule has 1 saturated heterocycles. The number of halogens is 2. The first-order chi connectivity index (χ1) is 17.6. The van der Waals surface area contributed by atoms with Gasteiger partial charge >= 0.3 is 5.97 Å². The zero-order valence-electron chi connectivity index (χ0n) is 21.2. The number of hydrogen-bond donors (Lipinski definition) is 2. The molecule has 0 bridgehead atoms. The van der Waals surface area contributed by atoms with Crippen LogP contribution in [-0.4, -0.2) is 46.6 Å². The van der Waals surface area contributed by atoms with E-state index < -0.39 is 23.6 Å². The van der Waals surface area contributed by atoms with Crippen LogP contribution < -0.4 is 4.74 Å². The Morgan fingerprint density at radius 3 is 2.84 bits per heavy atom. The molecule has 5 rings (SSSR count). The van der Waals surface area contributed by atoms with Crippen molar-refractivity contribution in [3.63, 3.8) is 0 Å². The SMILES string of the molecule is C=C1CC[C@@H]2[C@](C)(CO)[C@H](O)CC[C@@]2(C)[C@@H]1C/C=C1/C(=O)OC[C@H]1Oc1c(Cl)cc(Cl)c2cccnc12. The van der Waals surface area contributed by atoms with Crippen LogP contribution >= 0.6 is 23.2 Å². The van der Waals surface area contributed by atoms with Crippen molar-refractivity contribution in [3.05, 3.63) is 58.2 Å². The van der Waals surface area contributed by atoms with Gasteiger partial charge < -0.3 is 19.7 Å². The second kappa shape index (κ2) is 9.88. The second-order valence-electron chi connectivity index (χ2n) is 11.2. The molecular weight excluding hydrogens is 513 g/mol. The van der Waals surface area contributed by atoms with E-state index in [0.717, 1.165) is 24.8 Å². The molecule has 2 aliphatic carbocycles. The van der Waals surface area contributed by atoms with Crippen molar-refractivity contribution in [1.82, 2.24) is 4.98 Å². The highest BCUT2D eigenvalue weighted by atomic mass is 35.5. The summed E-state index contributed by atoms with van der Waals surface area (Å²) >= 11 is 12.8. The van der Waals surface area contributed by atoms with Crippen LogP contribution in [-0.2, 0) is 9.53 Å². The highest BCUT2D eigenvalue weighted by molar-refractivity contribution is 6.39. The number of carbonyl (C=O) groups is 1. The quantitative estimate of drug-likeness (QED) is 0.276. The van der Waals surface area contributed by atoms with Gasteiger partial charge in [0.2, 0.25) is 0 Å². The van der Waals surface area contributed by atoms with E-state index in [2.05, 4.69) is 18.5 Å². The van der Waals surface area contributed by atoms with E-state index in [4.69, 9.17) is 32.7 Å². The minimum absolute atomic E-state index is 0.0548. The largest absolute Gasteiger partial charge is 0.478 e. The van der Waals surface area contributed by atoms with E-state index in [1.165, 1.54) is 0 Å². The third-order valence-electron chi connectivity index (χ3n) is 9.23. The summed E-state index contributed by atoms with van der Waals surface area (Å²) in [5.41, 5.74) is 1.41. The molecule has 3 aliphatic rings. The Morgan fingerprint density at radius 2 is 2.08 bits per heavy atom. The van der Waals surface area contributed by atoms with Crippen molar-refractivity contribution in [2.24, 2.45) is 22.7 Å². The normalized spacial score (nSPS) is 35.0. The highest BCUT2D eigenvalue weighted by Crippen LogP contribution is 2.61. The molecule has 1 aromatic carbocycles. The molecule has 0 spiro atoms. The summed E-state index contributed by atoms with van der Waals surface area (Å²) in [6.45, 7) is 8.66. The average molecular weight is 546 g/mol. The predicted octanol–water partition coefficient (Wildman–Crippen LogP) is 5.90. The number of cyclic esters (lactones) is 1. The van der Waals surface area contributed by atoms with Crippen molar-refractivity contribution < 1.29 is 24.5 Å². The van der Waals surface area contributed by atoms with Crippen LogP contribution in [0.3, 0.4) is 0 Å². The third kappa shape index (κ3) is 4.36. The Labute approximate surface area is 227 Å². The Kier molecular flexibility index (Phi) is 7.07.